The van der Waals surface area contributed by atoms with Crippen molar-refractivity contribution < 1.29 is 4.39 Å². The number of hydrogen-bond acceptors (Lipinski definition) is 4. The van der Waals surface area contributed by atoms with Crippen LogP contribution < -0.4 is 5.32 Å². The number of aromatic nitrogens is 5. The Morgan fingerprint density at radius 3 is 2.65 bits per heavy atom. The van der Waals surface area contributed by atoms with Gasteiger partial charge in [0.2, 0.25) is 0 Å². The van der Waals surface area contributed by atoms with E-state index < -0.39 is 0 Å². The van der Waals surface area contributed by atoms with Crippen LogP contribution in [0.15, 0.2) is 55.0 Å². The second-order valence-electron chi connectivity index (χ2n) is 6.19. The third-order valence-corrected chi connectivity index (χ3v) is 4.36. The van der Waals surface area contributed by atoms with Crippen LogP contribution in [-0.4, -0.2) is 24.4 Å². The van der Waals surface area contributed by atoms with E-state index in [1.807, 2.05) is 31.6 Å². The topological polar surface area (TPSA) is 60.0 Å². The Kier molecular flexibility index (Phi) is 4.12. The molecule has 1 aromatic carbocycles. The standard InChI is InChI=1S/C19H19FN6/c1-3-16(14-11-22-25(2)12-14)23-19-10-17(13-4-6-15(20)7-5-13)24-18-8-9-21-26(18)19/h4-12,16,23H,3H2,1-2H3. The third-order valence-electron chi connectivity index (χ3n) is 4.36. The largest absolute Gasteiger partial charge is 0.363 e. The summed E-state index contributed by atoms with van der Waals surface area (Å²) in [5.74, 6) is 0.565. The highest BCUT2D eigenvalue weighted by molar-refractivity contribution is 5.66. The Labute approximate surface area is 150 Å². The summed E-state index contributed by atoms with van der Waals surface area (Å²) >= 11 is 0. The van der Waals surface area contributed by atoms with Crippen LogP contribution in [0.3, 0.4) is 0 Å². The van der Waals surface area contributed by atoms with Crippen molar-refractivity contribution in [1.82, 2.24) is 24.4 Å². The minimum atomic E-state index is -0.264. The Bertz CT molecular complexity index is 1030. The molecule has 1 unspecified atom stereocenters. The fourth-order valence-corrected chi connectivity index (χ4v) is 3.00. The van der Waals surface area contributed by atoms with Gasteiger partial charge in [-0.05, 0) is 30.7 Å². The molecule has 0 aliphatic rings. The van der Waals surface area contributed by atoms with Gasteiger partial charge in [-0.15, -0.1) is 0 Å². The molecule has 0 fully saturated rings. The molecule has 0 spiro atoms. The fourth-order valence-electron chi connectivity index (χ4n) is 3.00. The van der Waals surface area contributed by atoms with Gasteiger partial charge in [-0.2, -0.15) is 14.7 Å². The van der Waals surface area contributed by atoms with E-state index in [4.69, 9.17) is 0 Å². The van der Waals surface area contributed by atoms with E-state index in [2.05, 4.69) is 27.4 Å². The zero-order valence-electron chi connectivity index (χ0n) is 14.6. The molecule has 26 heavy (non-hydrogen) atoms. The molecule has 6 nitrogen and oxygen atoms in total. The van der Waals surface area contributed by atoms with Crippen LogP contribution in [0.25, 0.3) is 16.9 Å². The SMILES string of the molecule is CCC(Nc1cc(-c2ccc(F)cc2)nc2ccnn12)c1cnn(C)c1. The number of halogens is 1. The van der Waals surface area contributed by atoms with Crippen molar-refractivity contribution in [3.8, 4) is 11.3 Å². The molecule has 0 bridgehead atoms. The van der Waals surface area contributed by atoms with E-state index in [-0.39, 0.29) is 11.9 Å². The van der Waals surface area contributed by atoms with Crippen molar-refractivity contribution in [2.24, 2.45) is 7.05 Å². The van der Waals surface area contributed by atoms with Crippen molar-refractivity contribution in [1.29, 1.82) is 0 Å². The van der Waals surface area contributed by atoms with Crippen molar-refractivity contribution in [3.05, 3.63) is 66.4 Å². The molecule has 0 aliphatic heterocycles. The first-order chi connectivity index (χ1) is 12.6. The summed E-state index contributed by atoms with van der Waals surface area (Å²) in [6, 6.07) is 10.2. The summed E-state index contributed by atoms with van der Waals surface area (Å²) in [4.78, 5) is 4.63. The number of nitrogens with zero attached hydrogens (tertiary/aromatic N) is 5. The summed E-state index contributed by atoms with van der Waals surface area (Å²) in [6.45, 7) is 2.12. The molecule has 1 N–H and O–H groups in total. The van der Waals surface area contributed by atoms with Gasteiger partial charge in [-0.1, -0.05) is 6.92 Å². The van der Waals surface area contributed by atoms with E-state index in [1.165, 1.54) is 12.1 Å². The Balaban J connectivity index is 1.75. The number of benzene rings is 1. The Hall–Kier alpha value is -3.22. The molecule has 0 amide bonds. The van der Waals surface area contributed by atoms with Crippen LogP contribution in [0.5, 0.6) is 0 Å². The summed E-state index contributed by atoms with van der Waals surface area (Å²) < 4.78 is 16.8. The summed E-state index contributed by atoms with van der Waals surface area (Å²) in [7, 11) is 1.90. The number of fused-ring (bicyclic) bond motifs is 1. The molecule has 1 atom stereocenters. The van der Waals surface area contributed by atoms with Crippen LogP contribution >= 0.6 is 0 Å². The lowest BCUT2D eigenvalue weighted by Crippen LogP contribution is -2.13. The predicted molar refractivity (Wildman–Crippen MR) is 98.2 cm³/mol. The summed E-state index contributed by atoms with van der Waals surface area (Å²) in [5.41, 5.74) is 3.46. The average molecular weight is 350 g/mol. The third kappa shape index (κ3) is 3.03. The Morgan fingerprint density at radius 2 is 1.96 bits per heavy atom. The average Bonchev–Trinajstić information content (AvgIpc) is 3.29. The predicted octanol–water partition coefficient (Wildman–Crippen LogP) is 3.83. The first-order valence-corrected chi connectivity index (χ1v) is 8.50. The van der Waals surface area contributed by atoms with Gasteiger partial charge < -0.3 is 5.32 Å². The second kappa shape index (κ2) is 6.59. The highest BCUT2D eigenvalue weighted by Gasteiger charge is 2.15. The van der Waals surface area contributed by atoms with Crippen LogP contribution in [0.4, 0.5) is 10.2 Å². The molecular formula is C19H19FN6. The van der Waals surface area contributed by atoms with Crippen molar-refractivity contribution >= 4 is 11.5 Å². The van der Waals surface area contributed by atoms with Crippen molar-refractivity contribution in [2.75, 3.05) is 5.32 Å². The van der Waals surface area contributed by atoms with Crippen LogP contribution in [0.2, 0.25) is 0 Å². The number of anilines is 1. The van der Waals surface area contributed by atoms with E-state index in [1.54, 1.807) is 27.5 Å². The number of rotatable bonds is 5. The Morgan fingerprint density at radius 1 is 1.15 bits per heavy atom. The molecule has 132 valence electrons. The van der Waals surface area contributed by atoms with Crippen molar-refractivity contribution in [2.45, 2.75) is 19.4 Å². The van der Waals surface area contributed by atoms with E-state index in [0.717, 1.165) is 34.7 Å². The zero-order chi connectivity index (χ0) is 18.1. The van der Waals surface area contributed by atoms with Crippen LogP contribution in [0.1, 0.15) is 24.9 Å². The zero-order valence-corrected chi connectivity index (χ0v) is 14.6. The summed E-state index contributed by atoms with van der Waals surface area (Å²) in [5, 5.41) is 12.2. The minimum absolute atomic E-state index is 0.0968. The number of aryl methyl sites for hydroxylation is 1. The molecule has 7 heteroatoms. The lowest BCUT2D eigenvalue weighted by Gasteiger charge is -2.18. The maximum atomic E-state index is 13.2. The molecule has 0 aliphatic carbocycles. The maximum absolute atomic E-state index is 13.2. The molecule has 0 radical (unpaired) electrons. The van der Waals surface area contributed by atoms with Gasteiger partial charge in [0.1, 0.15) is 11.6 Å². The van der Waals surface area contributed by atoms with Crippen LogP contribution in [0, 0.1) is 5.82 Å². The summed E-state index contributed by atoms with van der Waals surface area (Å²) in [6.07, 6.45) is 6.47. The lowest BCUT2D eigenvalue weighted by atomic mass is 10.1. The lowest BCUT2D eigenvalue weighted by molar-refractivity contribution is 0.628. The second-order valence-corrected chi connectivity index (χ2v) is 6.19. The van der Waals surface area contributed by atoms with Gasteiger partial charge in [0.05, 0.1) is 24.1 Å². The molecule has 4 aromatic rings. The smallest absolute Gasteiger partial charge is 0.157 e. The van der Waals surface area contributed by atoms with Gasteiger partial charge >= 0.3 is 0 Å². The molecule has 3 aromatic heterocycles. The van der Waals surface area contributed by atoms with Crippen molar-refractivity contribution in [3.63, 3.8) is 0 Å². The molecule has 0 saturated carbocycles. The van der Waals surface area contributed by atoms with E-state index >= 15 is 0 Å². The monoisotopic (exact) mass is 350 g/mol. The first-order valence-electron chi connectivity index (χ1n) is 8.50. The molecule has 4 rings (SSSR count). The molecular weight excluding hydrogens is 331 g/mol. The first kappa shape index (κ1) is 16.3. The van der Waals surface area contributed by atoms with Gasteiger partial charge in [-0.25, -0.2) is 9.37 Å². The molecule has 0 saturated heterocycles. The molecule has 3 heterocycles. The number of hydrogen-bond donors (Lipinski definition) is 1. The minimum Gasteiger partial charge on any atom is -0.363 e. The maximum Gasteiger partial charge on any atom is 0.157 e. The van der Waals surface area contributed by atoms with Gasteiger partial charge in [-0.3, -0.25) is 4.68 Å². The van der Waals surface area contributed by atoms with E-state index in [0.29, 0.717) is 0 Å². The normalized spacial score (nSPS) is 12.4. The van der Waals surface area contributed by atoms with Gasteiger partial charge in [0.15, 0.2) is 5.65 Å². The van der Waals surface area contributed by atoms with Gasteiger partial charge in [0, 0.05) is 36.5 Å². The number of nitrogens with one attached hydrogen (secondary N) is 1. The van der Waals surface area contributed by atoms with E-state index in [9.17, 15) is 4.39 Å². The highest BCUT2D eigenvalue weighted by Crippen LogP contribution is 2.26. The quantitative estimate of drug-likeness (QED) is 0.594. The fraction of sp³-hybridized carbons (Fsp3) is 0.211. The van der Waals surface area contributed by atoms with Gasteiger partial charge in [0.25, 0.3) is 0 Å². The van der Waals surface area contributed by atoms with Crippen LogP contribution in [-0.2, 0) is 7.05 Å². The highest BCUT2D eigenvalue weighted by atomic mass is 19.1.